The Labute approximate surface area is 303 Å². The zero-order valence-electron chi connectivity index (χ0n) is 30.1. The van der Waals surface area contributed by atoms with Gasteiger partial charge in [-0.15, -0.1) is 0 Å². The number of aliphatic carboxylic acids is 1. The number of rotatable bonds is 14. The first kappa shape index (κ1) is 44.3. The van der Waals surface area contributed by atoms with Crippen LogP contribution in [0.4, 0.5) is 0 Å². The van der Waals surface area contributed by atoms with Crippen LogP contribution in [0.15, 0.2) is 59.7 Å². The molecule has 2 unspecified atom stereocenters. The van der Waals surface area contributed by atoms with E-state index in [1.165, 1.54) is 60.7 Å². The number of benzene rings is 2. The van der Waals surface area contributed by atoms with E-state index in [1.54, 1.807) is 26.0 Å². The van der Waals surface area contributed by atoms with E-state index >= 15 is 0 Å². The molecule has 0 aromatic heterocycles. The van der Waals surface area contributed by atoms with Gasteiger partial charge >= 0.3 is 23.9 Å². The number of carbonyl (C=O) groups is 4. The summed E-state index contributed by atoms with van der Waals surface area (Å²) >= 11 is 0. The third kappa shape index (κ3) is 16.8. The Kier molecular flexibility index (Phi) is 18.3. The number of nitriles is 2. The van der Waals surface area contributed by atoms with Gasteiger partial charge in [0.1, 0.15) is 66.8 Å². The van der Waals surface area contributed by atoms with Gasteiger partial charge in [-0.25, -0.2) is 9.59 Å². The molecule has 0 spiro atoms. The summed E-state index contributed by atoms with van der Waals surface area (Å²) in [7, 11) is 0. The summed E-state index contributed by atoms with van der Waals surface area (Å²) in [6.07, 6.45) is 2.91. The predicted octanol–water partition coefficient (Wildman–Crippen LogP) is 4.93. The number of aromatic hydroxyl groups is 2. The van der Waals surface area contributed by atoms with E-state index in [0.717, 1.165) is 13.0 Å². The monoisotopic (exact) mass is 722 g/mol. The molecule has 52 heavy (non-hydrogen) atoms. The van der Waals surface area contributed by atoms with E-state index in [0.29, 0.717) is 24.2 Å². The molecule has 1 aliphatic heterocycles. The van der Waals surface area contributed by atoms with Crippen molar-refractivity contribution < 1.29 is 58.6 Å². The van der Waals surface area contributed by atoms with Crippen molar-refractivity contribution in [2.75, 3.05) is 26.4 Å². The van der Waals surface area contributed by atoms with Crippen molar-refractivity contribution in [2.45, 2.75) is 66.6 Å². The molecule has 0 amide bonds. The van der Waals surface area contributed by atoms with E-state index < -0.39 is 36.0 Å². The summed E-state index contributed by atoms with van der Waals surface area (Å²) < 4.78 is 19.9. The van der Waals surface area contributed by atoms with Crippen LogP contribution in [0.1, 0.15) is 65.5 Å². The minimum absolute atomic E-state index is 0.0622. The van der Waals surface area contributed by atoms with Gasteiger partial charge in [0.2, 0.25) is 0 Å². The smallest absolute Gasteiger partial charge is 0.348 e. The molecule has 1 aliphatic rings. The number of carboxylic acid groups (broad SMARTS) is 1. The summed E-state index contributed by atoms with van der Waals surface area (Å²) in [4.78, 5) is 45.5. The Hall–Kier alpha value is -5.70. The SMILES string of the molecule is CCC(C)(C)C(=O)OCC(O)COC(=O)/C(C#N)=C/c1ccc(O)cc1.CCC(C)(C)C(=O)OCC1CO1.N#C/C(=C\c1ccc(O)cc1)C(=O)O. The van der Waals surface area contributed by atoms with Crippen molar-refractivity contribution in [3.05, 3.63) is 70.8 Å². The van der Waals surface area contributed by atoms with Gasteiger partial charge in [-0.3, -0.25) is 9.59 Å². The van der Waals surface area contributed by atoms with Crippen LogP contribution in [0.25, 0.3) is 12.2 Å². The third-order valence-electron chi connectivity index (χ3n) is 7.59. The van der Waals surface area contributed by atoms with E-state index in [4.69, 9.17) is 39.7 Å². The second-order valence-corrected chi connectivity index (χ2v) is 12.7. The molecule has 0 radical (unpaired) electrons. The maximum Gasteiger partial charge on any atom is 0.348 e. The summed E-state index contributed by atoms with van der Waals surface area (Å²) in [6, 6.07) is 15.1. The number of epoxide rings is 1. The third-order valence-corrected chi connectivity index (χ3v) is 7.59. The van der Waals surface area contributed by atoms with E-state index in [1.807, 2.05) is 27.7 Å². The molecule has 1 heterocycles. The van der Waals surface area contributed by atoms with Crippen LogP contribution < -0.4 is 0 Å². The second kappa shape index (κ2) is 21.5. The zero-order valence-corrected chi connectivity index (χ0v) is 30.1. The van der Waals surface area contributed by atoms with E-state index in [9.17, 15) is 29.4 Å². The van der Waals surface area contributed by atoms with Gasteiger partial charge in [0.25, 0.3) is 0 Å². The standard InChI is InChI=1S/C19H23NO6.C10H7NO3.C9H16O3/c1-4-19(2,3)18(24)26-12-16(22)11-25-17(23)14(10-20)9-13-5-7-15(21)8-6-13;11-6-8(10(13)14)5-7-1-3-9(12)4-2-7;1-4-9(2,3)8(10)12-6-7-5-11-7/h5-9,16,21-22H,4,11-12H2,1-3H3;1-5,12H,(H,13,14);7H,4-6H2,1-3H3/b14-9+;8-5+;. The van der Waals surface area contributed by atoms with Crippen molar-refractivity contribution >= 4 is 36.0 Å². The number of phenolic OH excluding ortho intramolecular Hbond substituents is 2. The van der Waals surface area contributed by atoms with Gasteiger partial charge in [0, 0.05) is 0 Å². The molecule has 4 N–H and O–H groups in total. The van der Waals surface area contributed by atoms with Crippen LogP contribution in [0, 0.1) is 33.5 Å². The molecule has 2 aromatic rings. The summed E-state index contributed by atoms with van der Waals surface area (Å²) in [6.45, 7) is 11.5. The van der Waals surface area contributed by atoms with Crippen LogP contribution in [-0.4, -0.2) is 82.9 Å². The number of hydrogen-bond acceptors (Lipinski definition) is 13. The summed E-state index contributed by atoms with van der Waals surface area (Å²) in [5.41, 5.74) is -0.511. The average Bonchev–Trinajstić information content (AvgIpc) is 3.96. The van der Waals surface area contributed by atoms with Gasteiger partial charge in [0.05, 0.1) is 17.4 Å². The number of aliphatic hydroxyl groups is 1. The number of carboxylic acids is 1. The van der Waals surface area contributed by atoms with Crippen LogP contribution >= 0.6 is 0 Å². The fourth-order valence-corrected chi connectivity index (χ4v) is 3.24. The molecule has 14 nitrogen and oxygen atoms in total. The molecule has 280 valence electrons. The maximum absolute atomic E-state index is 11.9. The predicted molar refractivity (Wildman–Crippen MR) is 188 cm³/mol. The van der Waals surface area contributed by atoms with Crippen molar-refractivity contribution in [3.63, 3.8) is 0 Å². The minimum atomic E-state index is -1.26. The van der Waals surface area contributed by atoms with Crippen molar-refractivity contribution in [1.82, 2.24) is 0 Å². The van der Waals surface area contributed by atoms with Gasteiger partial charge in [-0.1, -0.05) is 38.1 Å². The first-order valence-corrected chi connectivity index (χ1v) is 16.2. The van der Waals surface area contributed by atoms with Gasteiger partial charge in [0.15, 0.2) is 0 Å². The average molecular weight is 723 g/mol. The lowest BCUT2D eigenvalue weighted by molar-refractivity contribution is -0.159. The van der Waals surface area contributed by atoms with Gasteiger partial charge in [-0.05, 0) is 88.1 Å². The lowest BCUT2D eigenvalue weighted by atomic mass is 9.91. The lowest BCUT2D eigenvalue weighted by Crippen LogP contribution is -2.31. The highest BCUT2D eigenvalue weighted by Gasteiger charge is 2.31. The molecule has 0 bridgehead atoms. The van der Waals surface area contributed by atoms with E-state index in [2.05, 4.69) is 0 Å². The highest BCUT2D eigenvalue weighted by molar-refractivity contribution is 5.98. The van der Waals surface area contributed by atoms with Crippen molar-refractivity contribution in [2.24, 2.45) is 10.8 Å². The topological polar surface area (TPSA) is 237 Å². The van der Waals surface area contributed by atoms with Gasteiger partial charge < -0.3 is 39.4 Å². The molecule has 14 heteroatoms. The number of ether oxygens (including phenoxy) is 4. The highest BCUT2D eigenvalue weighted by atomic mass is 16.6. The Balaban J connectivity index is 0.000000434. The number of nitrogens with zero attached hydrogens (tertiary/aromatic N) is 2. The Morgan fingerprint density at radius 1 is 0.788 bits per heavy atom. The Morgan fingerprint density at radius 2 is 1.19 bits per heavy atom. The quantitative estimate of drug-likeness (QED) is 0.0665. The molecular weight excluding hydrogens is 676 g/mol. The lowest BCUT2D eigenvalue weighted by Gasteiger charge is -2.21. The summed E-state index contributed by atoms with van der Waals surface area (Å²) in [5.74, 6) is -2.58. The fraction of sp³-hybridized carbons (Fsp3) is 0.421. The normalized spacial score (nSPS) is 14.4. The van der Waals surface area contributed by atoms with Crippen LogP contribution in [-0.2, 0) is 38.1 Å². The molecular formula is C38H46N2O12. The molecule has 2 aromatic carbocycles. The van der Waals surface area contributed by atoms with Crippen LogP contribution in [0.5, 0.6) is 11.5 Å². The maximum atomic E-state index is 11.9. The zero-order chi connectivity index (χ0) is 39.5. The molecule has 1 saturated heterocycles. The second-order valence-electron chi connectivity index (χ2n) is 12.7. The Bertz CT molecular complexity index is 1640. The first-order chi connectivity index (χ1) is 24.4. The molecule has 3 rings (SSSR count). The van der Waals surface area contributed by atoms with Gasteiger partial charge in [-0.2, -0.15) is 10.5 Å². The molecule has 1 fully saturated rings. The summed E-state index contributed by atoms with van der Waals surface area (Å²) in [5, 5.41) is 54.0. The Morgan fingerprint density at radius 3 is 1.58 bits per heavy atom. The van der Waals surface area contributed by atoms with E-state index in [-0.39, 0.29) is 46.7 Å². The minimum Gasteiger partial charge on any atom is -0.508 e. The molecule has 0 saturated carbocycles. The number of hydrogen-bond donors (Lipinski definition) is 4. The van der Waals surface area contributed by atoms with Crippen molar-refractivity contribution in [3.8, 4) is 23.6 Å². The number of aliphatic hydroxyl groups excluding tert-OH is 1. The fourth-order valence-electron chi connectivity index (χ4n) is 3.24. The number of carbonyl (C=O) groups excluding carboxylic acids is 3. The van der Waals surface area contributed by atoms with Crippen molar-refractivity contribution in [1.29, 1.82) is 10.5 Å². The van der Waals surface area contributed by atoms with Crippen LogP contribution in [0.3, 0.4) is 0 Å². The highest BCUT2D eigenvalue weighted by Crippen LogP contribution is 2.23. The molecule has 2 atom stereocenters. The number of esters is 3. The number of phenols is 2. The molecule has 0 aliphatic carbocycles. The first-order valence-electron chi connectivity index (χ1n) is 16.2. The van der Waals surface area contributed by atoms with Crippen LogP contribution in [0.2, 0.25) is 0 Å². The largest absolute Gasteiger partial charge is 0.508 e.